The molecule has 0 saturated carbocycles. The molecule has 0 aromatic rings. The quantitative estimate of drug-likeness (QED) is 0.220. The summed E-state index contributed by atoms with van der Waals surface area (Å²) < 4.78 is 0. The second kappa shape index (κ2) is 39.0. The molecule has 1 unspecified atom stereocenters. The summed E-state index contributed by atoms with van der Waals surface area (Å²) in [5.74, 6) is 2.62. The van der Waals surface area contributed by atoms with E-state index in [1.807, 2.05) is 59.8 Å². The highest BCUT2D eigenvalue weighted by atomic mass is 15.1. The van der Waals surface area contributed by atoms with Gasteiger partial charge in [-0.15, -0.1) is 0 Å². The predicted octanol–water partition coefficient (Wildman–Crippen LogP) is 13.5. The van der Waals surface area contributed by atoms with Crippen LogP contribution in [0, 0.1) is 17.8 Å². The molecule has 2 nitrogen and oxygen atoms in total. The van der Waals surface area contributed by atoms with Crippen LogP contribution >= 0.6 is 0 Å². The first-order valence-electron chi connectivity index (χ1n) is 17.8. The van der Waals surface area contributed by atoms with Gasteiger partial charge in [0, 0.05) is 18.8 Å². The molecule has 1 aliphatic rings. The number of nitrogens with one attached hydrogen (secondary N) is 1. The average Bonchev–Trinajstić information content (AvgIpc) is 2.98. The van der Waals surface area contributed by atoms with Crippen LogP contribution in [-0.2, 0) is 0 Å². The molecule has 0 radical (unpaired) electrons. The third kappa shape index (κ3) is 42.1. The SMILES string of the molecule is C=C(C)/C=C\C.C=C(C)/C=C\C(C)=C/C.CC.CCC.CCCN(CCC)CC1=CC=C(C)NC1.CC[C@@H](C)C(C)C(C)C. The number of rotatable bonds is 12. The van der Waals surface area contributed by atoms with Crippen molar-refractivity contribution in [3.05, 3.63) is 83.7 Å². The molecular formula is C42H82N2. The molecule has 0 bridgehead atoms. The Labute approximate surface area is 280 Å². The summed E-state index contributed by atoms with van der Waals surface area (Å²) in [6, 6.07) is 0. The molecule has 2 heteroatoms. The fraction of sp³-hybridized carbons (Fsp3) is 0.667. The van der Waals surface area contributed by atoms with Crippen molar-refractivity contribution >= 4 is 0 Å². The van der Waals surface area contributed by atoms with Gasteiger partial charge in [0.15, 0.2) is 0 Å². The van der Waals surface area contributed by atoms with E-state index >= 15 is 0 Å². The Morgan fingerprint density at radius 3 is 1.57 bits per heavy atom. The van der Waals surface area contributed by atoms with E-state index in [2.05, 4.69) is 124 Å². The van der Waals surface area contributed by atoms with Crippen molar-refractivity contribution in [1.29, 1.82) is 0 Å². The fourth-order valence-electron chi connectivity index (χ4n) is 3.60. The van der Waals surface area contributed by atoms with Gasteiger partial charge in [0.2, 0.25) is 0 Å². The van der Waals surface area contributed by atoms with E-state index in [1.165, 1.54) is 55.6 Å². The molecule has 0 aromatic carbocycles. The maximum absolute atomic E-state index is 3.75. The Kier molecular flexibility index (Phi) is 45.6. The Hall–Kier alpha value is -2.06. The van der Waals surface area contributed by atoms with Gasteiger partial charge in [-0.2, -0.15) is 0 Å². The van der Waals surface area contributed by atoms with E-state index in [1.54, 1.807) is 0 Å². The van der Waals surface area contributed by atoms with E-state index in [4.69, 9.17) is 0 Å². The zero-order chi connectivity index (χ0) is 35.5. The third-order valence-electron chi connectivity index (χ3n) is 6.80. The molecule has 1 rings (SSSR count). The lowest BCUT2D eigenvalue weighted by Crippen LogP contribution is -2.31. The third-order valence-corrected chi connectivity index (χ3v) is 6.80. The summed E-state index contributed by atoms with van der Waals surface area (Å²) in [6.07, 6.45) is 19.6. The molecule has 0 aliphatic carbocycles. The van der Waals surface area contributed by atoms with Gasteiger partial charge in [-0.1, -0.05) is 155 Å². The van der Waals surface area contributed by atoms with Crippen LogP contribution in [0.4, 0.5) is 0 Å². The van der Waals surface area contributed by atoms with Gasteiger partial charge in [0.1, 0.15) is 0 Å². The molecule has 260 valence electrons. The lowest BCUT2D eigenvalue weighted by molar-refractivity contribution is 0.289. The van der Waals surface area contributed by atoms with Crippen molar-refractivity contribution in [3.63, 3.8) is 0 Å². The Morgan fingerprint density at radius 1 is 0.841 bits per heavy atom. The lowest BCUT2D eigenvalue weighted by Gasteiger charge is -2.24. The first-order chi connectivity index (χ1) is 20.7. The smallest absolute Gasteiger partial charge is 0.0372 e. The van der Waals surface area contributed by atoms with Crippen LogP contribution in [0.15, 0.2) is 83.7 Å². The largest absolute Gasteiger partial charge is 0.385 e. The Balaban J connectivity index is -0.000000153. The van der Waals surface area contributed by atoms with Crippen LogP contribution in [-0.4, -0.2) is 31.1 Å². The standard InChI is InChI=1S/C13H24N2.C9H20.C9H14.C6H10.C3H8.C2H6/c1-4-8-15(9-5-2)11-13-7-6-12(3)14-10-13;1-6-8(4)9(5)7(2)3;1-5-9(4)7-6-8(2)3;1-4-5-6(2)3;1-3-2;1-2/h6-7,14H,4-5,8-11H2,1-3H3;7-9H,6H2,1-5H3;5-7H,2H2,1,3-4H3;4-5H,2H2,1,3H3;3H2,1-2H3;1-2H3/b;;7-6-,9-5-;5-4-;;/t;8-,9?;;;;/m.1..../s1. The summed E-state index contributed by atoms with van der Waals surface area (Å²) in [6.45, 7) is 48.4. The van der Waals surface area contributed by atoms with E-state index in [0.717, 1.165) is 42.0 Å². The van der Waals surface area contributed by atoms with Gasteiger partial charge in [-0.3, -0.25) is 4.90 Å². The summed E-state index contributed by atoms with van der Waals surface area (Å²) in [7, 11) is 0. The predicted molar refractivity (Wildman–Crippen MR) is 211 cm³/mol. The number of dihydropyridines is 1. The zero-order valence-electron chi connectivity index (χ0n) is 33.3. The van der Waals surface area contributed by atoms with E-state index in [-0.39, 0.29) is 0 Å². The summed E-state index contributed by atoms with van der Waals surface area (Å²) in [5, 5.41) is 3.39. The van der Waals surface area contributed by atoms with Gasteiger partial charge >= 0.3 is 0 Å². The molecule has 1 aliphatic heterocycles. The molecule has 1 N–H and O–H groups in total. The fourth-order valence-corrected chi connectivity index (χ4v) is 3.60. The van der Waals surface area contributed by atoms with E-state index in [9.17, 15) is 0 Å². The highest BCUT2D eigenvalue weighted by Crippen LogP contribution is 2.21. The maximum atomic E-state index is 3.75. The highest BCUT2D eigenvalue weighted by Gasteiger charge is 2.12. The van der Waals surface area contributed by atoms with E-state index < -0.39 is 0 Å². The molecule has 44 heavy (non-hydrogen) atoms. The lowest BCUT2D eigenvalue weighted by atomic mass is 9.85. The molecule has 0 aromatic heterocycles. The zero-order valence-corrected chi connectivity index (χ0v) is 33.3. The van der Waals surface area contributed by atoms with Crippen LogP contribution in [0.2, 0.25) is 0 Å². The molecule has 0 amide bonds. The van der Waals surface area contributed by atoms with Crippen molar-refractivity contribution in [2.24, 2.45) is 17.8 Å². The van der Waals surface area contributed by atoms with Crippen LogP contribution in [0.1, 0.15) is 143 Å². The van der Waals surface area contributed by atoms with Crippen LogP contribution in [0.25, 0.3) is 0 Å². The van der Waals surface area contributed by atoms with Crippen LogP contribution < -0.4 is 5.32 Å². The maximum Gasteiger partial charge on any atom is 0.0372 e. The summed E-state index contributed by atoms with van der Waals surface area (Å²) in [5.41, 5.74) is 6.26. The van der Waals surface area contributed by atoms with Gasteiger partial charge < -0.3 is 5.32 Å². The van der Waals surface area contributed by atoms with Crippen LogP contribution in [0.3, 0.4) is 0 Å². The van der Waals surface area contributed by atoms with Crippen molar-refractivity contribution in [2.75, 3.05) is 26.2 Å². The second-order valence-electron chi connectivity index (χ2n) is 12.1. The first-order valence-corrected chi connectivity index (χ1v) is 17.8. The molecule has 2 atom stereocenters. The van der Waals surface area contributed by atoms with Gasteiger partial charge in [-0.25, -0.2) is 0 Å². The molecule has 0 spiro atoms. The van der Waals surface area contributed by atoms with Gasteiger partial charge in [-0.05, 0) is 96.9 Å². The minimum atomic E-state index is 0.847. The van der Waals surface area contributed by atoms with Gasteiger partial charge in [0.05, 0.1) is 0 Å². The van der Waals surface area contributed by atoms with Crippen molar-refractivity contribution < 1.29 is 0 Å². The topological polar surface area (TPSA) is 15.3 Å². The van der Waals surface area contributed by atoms with Crippen molar-refractivity contribution in [2.45, 2.75) is 143 Å². The average molecular weight is 615 g/mol. The summed E-state index contributed by atoms with van der Waals surface area (Å²) >= 11 is 0. The molecule has 0 saturated heterocycles. The minimum absolute atomic E-state index is 0.847. The number of hydrogen-bond acceptors (Lipinski definition) is 2. The first kappa shape index (κ1) is 51.5. The highest BCUT2D eigenvalue weighted by molar-refractivity contribution is 5.24. The van der Waals surface area contributed by atoms with Crippen molar-refractivity contribution in [1.82, 2.24) is 10.2 Å². The Bertz CT molecular complexity index is 783. The van der Waals surface area contributed by atoms with Gasteiger partial charge in [0.25, 0.3) is 0 Å². The van der Waals surface area contributed by atoms with E-state index in [0.29, 0.717) is 0 Å². The molecular weight excluding hydrogens is 532 g/mol. The number of allylic oxidation sites excluding steroid dienone is 11. The van der Waals surface area contributed by atoms with Crippen molar-refractivity contribution in [3.8, 4) is 0 Å². The normalized spacial score (nSPS) is 13.6. The Morgan fingerprint density at radius 2 is 1.32 bits per heavy atom. The second-order valence-corrected chi connectivity index (χ2v) is 12.1. The molecule has 0 fully saturated rings. The molecule has 1 heterocycles. The minimum Gasteiger partial charge on any atom is -0.385 e. The summed E-state index contributed by atoms with van der Waals surface area (Å²) in [4.78, 5) is 2.54. The number of nitrogens with zero attached hydrogens (tertiary/aromatic N) is 1. The van der Waals surface area contributed by atoms with Crippen LogP contribution in [0.5, 0.6) is 0 Å². The monoisotopic (exact) mass is 615 g/mol. The number of hydrogen-bond donors (Lipinski definition) is 1.